The van der Waals surface area contributed by atoms with E-state index < -0.39 is 0 Å². The van der Waals surface area contributed by atoms with Gasteiger partial charge in [-0.3, -0.25) is 4.90 Å². The first-order chi connectivity index (χ1) is 6.04. The molecule has 1 heterocycles. The van der Waals surface area contributed by atoms with E-state index in [0.717, 1.165) is 17.4 Å². The zero-order valence-electron chi connectivity index (χ0n) is 9.14. The van der Waals surface area contributed by atoms with Crippen molar-refractivity contribution in [1.29, 1.82) is 0 Å². The number of rotatable bonds is 0. The van der Waals surface area contributed by atoms with Gasteiger partial charge in [0.25, 0.3) is 0 Å². The maximum atomic E-state index is 2.79. The third kappa shape index (κ3) is 0.823. The molecule has 0 bridgehead atoms. The van der Waals surface area contributed by atoms with Crippen molar-refractivity contribution in [2.75, 3.05) is 6.54 Å². The van der Waals surface area contributed by atoms with Crippen LogP contribution in [0.4, 0.5) is 0 Å². The van der Waals surface area contributed by atoms with Gasteiger partial charge in [0.15, 0.2) is 0 Å². The first kappa shape index (κ1) is 8.28. The van der Waals surface area contributed by atoms with Crippen molar-refractivity contribution in [1.82, 2.24) is 4.90 Å². The maximum absolute atomic E-state index is 2.79. The standard InChI is InChI=1S/C12H21N/c1-11(2,3)13-8-9-4-6-12(9)7-5-10(12)13/h9-10H,4-8H2,1-3H3. The Balaban J connectivity index is 1.87. The molecule has 3 atom stereocenters. The van der Waals surface area contributed by atoms with Crippen LogP contribution in [-0.4, -0.2) is 23.0 Å². The lowest BCUT2D eigenvalue weighted by molar-refractivity contribution is -0.0611. The van der Waals surface area contributed by atoms with Crippen molar-refractivity contribution in [3.05, 3.63) is 0 Å². The Morgan fingerprint density at radius 3 is 2.15 bits per heavy atom. The predicted molar refractivity (Wildman–Crippen MR) is 54.6 cm³/mol. The molecule has 0 aromatic rings. The van der Waals surface area contributed by atoms with Gasteiger partial charge in [-0.25, -0.2) is 0 Å². The van der Waals surface area contributed by atoms with Gasteiger partial charge in [0.2, 0.25) is 0 Å². The molecule has 3 fully saturated rings. The third-order valence-electron chi connectivity index (χ3n) is 4.97. The topological polar surface area (TPSA) is 3.24 Å². The molecule has 1 aliphatic heterocycles. The Morgan fingerprint density at radius 1 is 1.15 bits per heavy atom. The Hall–Kier alpha value is -0.0400. The minimum atomic E-state index is 0.412. The van der Waals surface area contributed by atoms with Crippen LogP contribution >= 0.6 is 0 Å². The average Bonchev–Trinajstić information content (AvgIpc) is 2.02. The second-order valence-electron chi connectivity index (χ2n) is 6.35. The third-order valence-corrected chi connectivity index (χ3v) is 4.97. The van der Waals surface area contributed by atoms with E-state index in [4.69, 9.17) is 0 Å². The van der Waals surface area contributed by atoms with Crippen molar-refractivity contribution in [3.63, 3.8) is 0 Å². The van der Waals surface area contributed by atoms with E-state index in [1.54, 1.807) is 0 Å². The van der Waals surface area contributed by atoms with Gasteiger partial charge in [-0.15, -0.1) is 0 Å². The summed E-state index contributed by atoms with van der Waals surface area (Å²) in [4.78, 5) is 2.79. The minimum Gasteiger partial charge on any atom is -0.295 e. The predicted octanol–water partition coefficient (Wildman–Crippen LogP) is 2.66. The van der Waals surface area contributed by atoms with Crippen molar-refractivity contribution in [2.24, 2.45) is 11.3 Å². The van der Waals surface area contributed by atoms with E-state index in [-0.39, 0.29) is 0 Å². The summed E-state index contributed by atoms with van der Waals surface area (Å²) in [7, 11) is 0. The molecule has 0 aromatic carbocycles. The quantitative estimate of drug-likeness (QED) is 0.552. The van der Waals surface area contributed by atoms with Crippen LogP contribution in [0.5, 0.6) is 0 Å². The molecular formula is C12H21N. The summed E-state index contributed by atoms with van der Waals surface area (Å²) >= 11 is 0. The number of hydrogen-bond acceptors (Lipinski definition) is 1. The van der Waals surface area contributed by atoms with Gasteiger partial charge in [-0.05, 0) is 57.8 Å². The molecule has 0 amide bonds. The SMILES string of the molecule is CC(C)(C)N1CC2CCC23CCC13. The second kappa shape index (κ2) is 2.13. The molecule has 2 saturated carbocycles. The zero-order valence-corrected chi connectivity index (χ0v) is 9.14. The molecular weight excluding hydrogens is 158 g/mol. The monoisotopic (exact) mass is 179 g/mol. The van der Waals surface area contributed by atoms with Gasteiger partial charge in [0.05, 0.1) is 0 Å². The second-order valence-corrected chi connectivity index (χ2v) is 6.35. The highest BCUT2D eigenvalue weighted by atomic mass is 15.3. The minimum absolute atomic E-state index is 0.412. The molecule has 1 nitrogen and oxygen atoms in total. The van der Waals surface area contributed by atoms with Gasteiger partial charge in [0, 0.05) is 18.1 Å². The summed E-state index contributed by atoms with van der Waals surface area (Å²) in [6.07, 6.45) is 6.07. The first-order valence-electron chi connectivity index (χ1n) is 5.81. The largest absolute Gasteiger partial charge is 0.295 e. The van der Waals surface area contributed by atoms with Gasteiger partial charge in [0.1, 0.15) is 0 Å². The van der Waals surface area contributed by atoms with Crippen LogP contribution in [0.1, 0.15) is 46.5 Å². The Bertz CT molecular complexity index is 236. The summed E-state index contributed by atoms with van der Waals surface area (Å²) < 4.78 is 0. The smallest absolute Gasteiger partial charge is 0.0160 e. The lowest BCUT2D eigenvalue weighted by Crippen LogP contribution is -2.57. The number of hydrogen-bond donors (Lipinski definition) is 0. The van der Waals surface area contributed by atoms with Crippen LogP contribution in [0, 0.1) is 11.3 Å². The van der Waals surface area contributed by atoms with Crippen LogP contribution in [0.25, 0.3) is 0 Å². The lowest BCUT2D eigenvalue weighted by Gasteiger charge is -2.57. The molecule has 0 radical (unpaired) electrons. The van der Waals surface area contributed by atoms with Gasteiger partial charge >= 0.3 is 0 Å². The number of likely N-dealkylation sites (tertiary alicyclic amines) is 1. The summed E-state index contributed by atoms with van der Waals surface area (Å²) in [6.45, 7) is 8.53. The van der Waals surface area contributed by atoms with Crippen molar-refractivity contribution >= 4 is 0 Å². The Morgan fingerprint density at radius 2 is 1.85 bits per heavy atom. The molecule has 74 valence electrons. The summed E-state index contributed by atoms with van der Waals surface area (Å²) in [5.41, 5.74) is 1.24. The van der Waals surface area contributed by atoms with Crippen LogP contribution < -0.4 is 0 Å². The van der Waals surface area contributed by atoms with E-state index >= 15 is 0 Å². The summed E-state index contributed by atoms with van der Waals surface area (Å²) in [6, 6.07) is 0.964. The first-order valence-corrected chi connectivity index (χ1v) is 5.81. The summed E-state index contributed by atoms with van der Waals surface area (Å²) in [5, 5.41) is 0. The molecule has 1 spiro atoms. The van der Waals surface area contributed by atoms with Crippen LogP contribution in [-0.2, 0) is 0 Å². The van der Waals surface area contributed by atoms with E-state index in [9.17, 15) is 0 Å². The van der Waals surface area contributed by atoms with Gasteiger partial charge in [-0.1, -0.05) is 0 Å². The fraction of sp³-hybridized carbons (Fsp3) is 1.00. The van der Waals surface area contributed by atoms with Gasteiger partial charge in [-0.2, -0.15) is 0 Å². The van der Waals surface area contributed by atoms with E-state index in [1.807, 2.05) is 0 Å². The van der Waals surface area contributed by atoms with Gasteiger partial charge < -0.3 is 0 Å². The Kier molecular flexibility index (Phi) is 1.36. The average molecular weight is 179 g/mol. The van der Waals surface area contributed by atoms with E-state index in [0.29, 0.717) is 5.54 Å². The lowest BCUT2D eigenvalue weighted by atomic mass is 9.49. The molecule has 2 aliphatic carbocycles. The molecule has 13 heavy (non-hydrogen) atoms. The molecule has 1 heteroatoms. The van der Waals surface area contributed by atoms with Crippen molar-refractivity contribution in [2.45, 2.75) is 58.0 Å². The molecule has 3 aliphatic rings. The maximum Gasteiger partial charge on any atom is 0.0160 e. The molecule has 1 saturated heterocycles. The zero-order chi connectivity index (χ0) is 9.27. The van der Waals surface area contributed by atoms with E-state index in [2.05, 4.69) is 25.7 Å². The molecule has 0 N–H and O–H groups in total. The van der Waals surface area contributed by atoms with Crippen LogP contribution in [0.2, 0.25) is 0 Å². The van der Waals surface area contributed by atoms with Crippen molar-refractivity contribution < 1.29 is 0 Å². The highest BCUT2D eigenvalue weighted by Crippen LogP contribution is 2.66. The fourth-order valence-electron chi connectivity index (χ4n) is 3.98. The van der Waals surface area contributed by atoms with Crippen molar-refractivity contribution in [3.8, 4) is 0 Å². The highest BCUT2D eigenvalue weighted by Gasteiger charge is 2.65. The van der Waals surface area contributed by atoms with Crippen LogP contribution in [0.3, 0.4) is 0 Å². The highest BCUT2D eigenvalue weighted by molar-refractivity contribution is 5.17. The summed E-state index contributed by atoms with van der Waals surface area (Å²) in [5.74, 6) is 1.07. The Labute approximate surface area is 81.5 Å². The molecule has 3 rings (SSSR count). The normalized spacial score (nSPS) is 49.2. The molecule has 3 unspecified atom stereocenters. The number of nitrogens with zero attached hydrogens (tertiary/aromatic N) is 1. The van der Waals surface area contributed by atoms with Crippen LogP contribution in [0.15, 0.2) is 0 Å². The van der Waals surface area contributed by atoms with E-state index in [1.165, 1.54) is 32.2 Å². The molecule has 0 aromatic heterocycles. The fourth-order valence-corrected chi connectivity index (χ4v) is 3.98.